The summed E-state index contributed by atoms with van der Waals surface area (Å²) in [5, 5.41) is 3.83. The molecule has 0 radical (unpaired) electrons. The van der Waals surface area contributed by atoms with Crippen LogP contribution in [0.25, 0.3) is 0 Å². The number of anilines is 1. The number of hydrogen-bond donors (Lipinski definition) is 1. The monoisotopic (exact) mass is 653 g/mol. The Hall–Kier alpha value is -2.98. The third-order valence-corrected chi connectivity index (χ3v) is 9.06. The number of carbonyl (C=O) groups is 2. The number of nitrogens with zero attached hydrogens (tertiary/aromatic N) is 2. The standard InChI is InChI=1S/C30H34Cl3N3O5S/c1-5-26(30(38)34-20(3)4)35(18-23-24(32)10-9-11-25(23)33)29(37)19-36(27-12-7-8-13-28(27)41-6-2)42(39,40)22-16-14-21(31)15-17-22/h7-17,20,26H,5-6,18-19H2,1-4H3,(H,34,38). The van der Waals surface area contributed by atoms with E-state index in [2.05, 4.69) is 5.32 Å². The molecule has 3 rings (SSSR count). The van der Waals surface area contributed by atoms with Crippen molar-refractivity contribution in [3.63, 3.8) is 0 Å². The van der Waals surface area contributed by atoms with Crippen molar-refractivity contribution in [2.24, 2.45) is 0 Å². The average molecular weight is 655 g/mol. The molecule has 42 heavy (non-hydrogen) atoms. The normalized spacial score (nSPS) is 12.1. The number of para-hydroxylation sites is 2. The number of nitrogens with one attached hydrogen (secondary N) is 1. The van der Waals surface area contributed by atoms with Gasteiger partial charge in [-0.05, 0) is 75.7 Å². The van der Waals surface area contributed by atoms with E-state index in [-0.39, 0.29) is 47.9 Å². The molecule has 0 saturated heterocycles. The van der Waals surface area contributed by atoms with Gasteiger partial charge in [-0.2, -0.15) is 0 Å². The van der Waals surface area contributed by atoms with E-state index in [1.54, 1.807) is 56.3 Å². The van der Waals surface area contributed by atoms with Crippen molar-refractivity contribution >= 4 is 62.3 Å². The molecule has 0 aromatic heterocycles. The molecule has 0 heterocycles. The van der Waals surface area contributed by atoms with E-state index in [1.165, 1.54) is 29.2 Å². The van der Waals surface area contributed by atoms with Gasteiger partial charge in [0.2, 0.25) is 11.8 Å². The second-order valence-corrected chi connectivity index (χ2v) is 12.8. The van der Waals surface area contributed by atoms with Crippen molar-refractivity contribution in [1.29, 1.82) is 0 Å². The molecule has 226 valence electrons. The Bertz CT molecular complexity index is 1480. The molecule has 0 aliphatic heterocycles. The number of halogens is 3. The minimum atomic E-state index is -4.31. The first-order valence-corrected chi connectivity index (χ1v) is 16.0. The Labute approximate surface area is 262 Å². The van der Waals surface area contributed by atoms with E-state index >= 15 is 0 Å². The molecule has 2 amide bonds. The summed E-state index contributed by atoms with van der Waals surface area (Å²) in [4.78, 5) is 28.8. The van der Waals surface area contributed by atoms with E-state index in [4.69, 9.17) is 39.5 Å². The zero-order chi connectivity index (χ0) is 31.0. The quantitative estimate of drug-likeness (QED) is 0.225. The maximum absolute atomic E-state index is 14.2. The maximum Gasteiger partial charge on any atom is 0.264 e. The van der Waals surface area contributed by atoms with Gasteiger partial charge < -0.3 is 15.0 Å². The lowest BCUT2D eigenvalue weighted by atomic mass is 10.1. The first kappa shape index (κ1) is 33.5. The summed E-state index contributed by atoms with van der Waals surface area (Å²) in [6.07, 6.45) is 0.256. The van der Waals surface area contributed by atoms with Crippen LogP contribution < -0.4 is 14.4 Å². The van der Waals surface area contributed by atoms with Gasteiger partial charge in [0.05, 0.1) is 17.2 Å². The van der Waals surface area contributed by atoms with Crippen LogP contribution >= 0.6 is 34.8 Å². The largest absolute Gasteiger partial charge is 0.492 e. The molecule has 12 heteroatoms. The van der Waals surface area contributed by atoms with Crippen LogP contribution in [0.4, 0.5) is 5.69 Å². The van der Waals surface area contributed by atoms with Crippen molar-refractivity contribution in [1.82, 2.24) is 10.2 Å². The van der Waals surface area contributed by atoms with Crippen LogP contribution in [0.5, 0.6) is 5.75 Å². The van der Waals surface area contributed by atoms with E-state index in [0.717, 1.165) is 4.31 Å². The molecule has 0 fully saturated rings. The number of rotatable bonds is 13. The minimum Gasteiger partial charge on any atom is -0.492 e. The van der Waals surface area contributed by atoms with E-state index < -0.39 is 28.5 Å². The lowest BCUT2D eigenvalue weighted by molar-refractivity contribution is -0.140. The highest BCUT2D eigenvalue weighted by molar-refractivity contribution is 7.92. The maximum atomic E-state index is 14.2. The molecule has 1 unspecified atom stereocenters. The fraction of sp³-hybridized carbons (Fsp3) is 0.333. The highest BCUT2D eigenvalue weighted by Crippen LogP contribution is 2.34. The summed E-state index contributed by atoms with van der Waals surface area (Å²) < 4.78 is 34.9. The summed E-state index contributed by atoms with van der Waals surface area (Å²) in [5.74, 6) is -0.748. The summed E-state index contributed by atoms with van der Waals surface area (Å²) in [6, 6.07) is 16.0. The number of hydrogen-bond acceptors (Lipinski definition) is 5. The van der Waals surface area contributed by atoms with E-state index in [0.29, 0.717) is 20.6 Å². The van der Waals surface area contributed by atoms with Gasteiger partial charge in [-0.25, -0.2) is 8.42 Å². The predicted octanol–water partition coefficient (Wildman–Crippen LogP) is 6.57. The second-order valence-electron chi connectivity index (χ2n) is 9.68. The second kappa shape index (κ2) is 15.0. The van der Waals surface area contributed by atoms with Gasteiger partial charge in [0, 0.05) is 33.2 Å². The van der Waals surface area contributed by atoms with Crippen LogP contribution in [0.1, 0.15) is 39.7 Å². The zero-order valence-electron chi connectivity index (χ0n) is 23.8. The van der Waals surface area contributed by atoms with Crippen molar-refractivity contribution < 1.29 is 22.7 Å². The number of benzene rings is 3. The van der Waals surface area contributed by atoms with Crippen LogP contribution in [0, 0.1) is 0 Å². The van der Waals surface area contributed by atoms with Crippen LogP contribution in [-0.4, -0.2) is 50.4 Å². The zero-order valence-corrected chi connectivity index (χ0v) is 26.9. The lowest BCUT2D eigenvalue weighted by Gasteiger charge is -2.34. The molecule has 3 aromatic rings. The SMILES string of the molecule is CCOc1ccccc1N(CC(=O)N(Cc1c(Cl)cccc1Cl)C(CC)C(=O)NC(C)C)S(=O)(=O)c1ccc(Cl)cc1. The van der Waals surface area contributed by atoms with Crippen molar-refractivity contribution in [2.75, 3.05) is 17.5 Å². The van der Waals surface area contributed by atoms with Crippen molar-refractivity contribution in [3.05, 3.63) is 87.4 Å². The summed E-state index contributed by atoms with van der Waals surface area (Å²) in [6.45, 7) is 6.68. The summed E-state index contributed by atoms with van der Waals surface area (Å²) in [5.41, 5.74) is 0.602. The van der Waals surface area contributed by atoms with E-state index in [1.807, 2.05) is 13.8 Å². The summed E-state index contributed by atoms with van der Waals surface area (Å²) >= 11 is 18.9. The third-order valence-electron chi connectivity index (χ3n) is 6.32. The Morgan fingerprint density at radius 2 is 1.52 bits per heavy atom. The third kappa shape index (κ3) is 8.10. The number of amides is 2. The van der Waals surface area contributed by atoms with Crippen molar-refractivity contribution in [2.45, 2.75) is 57.6 Å². The van der Waals surface area contributed by atoms with Gasteiger partial charge in [-0.15, -0.1) is 0 Å². The molecule has 0 aliphatic rings. The van der Waals surface area contributed by atoms with Gasteiger partial charge in [0.15, 0.2) is 0 Å². The molecule has 8 nitrogen and oxygen atoms in total. The smallest absolute Gasteiger partial charge is 0.264 e. The van der Waals surface area contributed by atoms with Crippen LogP contribution in [0.15, 0.2) is 71.6 Å². The summed E-state index contributed by atoms with van der Waals surface area (Å²) in [7, 11) is -4.31. The van der Waals surface area contributed by atoms with Gasteiger partial charge in [-0.1, -0.05) is 59.9 Å². The Morgan fingerprint density at radius 1 is 0.905 bits per heavy atom. The molecule has 1 atom stereocenters. The molecule has 0 aliphatic carbocycles. The molecule has 1 N–H and O–H groups in total. The van der Waals surface area contributed by atoms with Gasteiger partial charge >= 0.3 is 0 Å². The van der Waals surface area contributed by atoms with Gasteiger partial charge in [0.1, 0.15) is 18.3 Å². The topological polar surface area (TPSA) is 96.0 Å². The average Bonchev–Trinajstić information content (AvgIpc) is 2.93. The Balaban J connectivity index is 2.15. The molecule has 0 spiro atoms. The fourth-order valence-corrected chi connectivity index (χ4v) is 6.41. The molecule has 3 aromatic carbocycles. The minimum absolute atomic E-state index is 0.0729. The van der Waals surface area contributed by atoms with Crippen LogP contribution in [-0.2, 0) is 26.2 Å². The van der Waals surface area contributed by atoms with E-state index in [9.17, 15) is 18.0 Å². The molecular formula is C30H34Cl3N3O5S. The first-order valence-electron chi connectivity index (χ1n) is 13.4. The Morgan fingerprint density at radius 3 is 2.10 bits per heavy atom. The van der Waals surface area contributed by atoms with Gasteiger partial charge in [0.25, 0.3) is 10.0 Å². The highest BCUT2D eigenvalue weighted by Gasteiger charge is 2.35. The number of sulfonamides is 1. The first-order chi connectivity index (χ1) is 19.9. The number of carbonyl (C=O) groups excluding carboxylic acids is 2. The van der Waals surface area contributed by atoms with Crippen LogP contribution in [0.3, 0.4) is 0 Å². The fourth-order valence-electron chi connectivity index (χ4n) is 4.34. The van der Waals surface area contributed by atoms with Gasteiger partial charge in [-0.3, -0.25) is 13.9 Å². The predicted molar refractivity (Wildman–Crippen MR) is 168 cm³/mol. The molecule has 0 bridgehead atoms. The highest BCUT2D eigenvalue weighted by atomic mass is 35.5. The van der Waals surface area contributed by atoms with Crippen molar-refractivity contribution in [3.8, 4) is 5.75 Å². The Kier molecular flexibility index (Phi) is 11.9. The van der Waals surface area contributed by atoms with Crippen LogP contribution in [0.2, 0.25) is 15.1 Å². The lowest BCUT2D eigenvalue weighted by Crippen LogP contribution is -2.53. The molecular weight excluding hydrogens is 621 g/mol. The number of ether oxygens (including phenoxy) is 1. The molecule has 0 saturated carbocycles.